The van der Waals surface area contributed by atoms with Crippen molar-refractivity contribution >= 4 is 45.0 Å². The predicted octanol–water partition coefficient (Wildman–Crippen LogP) is 4.71. The fourth-order valence-corrected chi connectivity index (χ4v) is 3.67. The van der Waals surface area contributed by atoms with Gasteiger partial charge in [0.25, 0.3) is 0 Å². The molecule has 82 valence electrons. The van der Waals surface area contributed by atoms with E-state index in [-0.39, 0.29) is 0 Å². The molecule has 0 spiro atoms. The van der Waals surface area contributed by atoms with Gasteiger partial charge in [-0.3, -0.25) is 0 Å². The highest BCUT2D eigenvalue weighted by Gasteiger charge is 2.16. The molecule has 1 atom stereocenters. The summed E-state index contributed by atoms with van der Waals surface area (Å²) in [4.78, 5) is 0. The molecule has 1 aromatic rings. The molecule has 2 rings (SSSR count). The third-order valence-corrected chi connectivity index (χ3v) is 4.55. The molecule has 0 fully saturated rings. The summed E-state index contributed by atoms with van der Waals surface area (Å²) in [5.41, 5.74) is 2.42. The summed E-state index contributed by atoms with van der Waals surface area (Å²) in [7, 11) is 0. The lowest BCUT2D eigenvalue weighted by atomic mass is 10.1. The van der Waals surface area contributed by atoms with Crippen LogP contribution in [0.1, 0.15) is 24.2 Å². The third kappa shape index (κ3) is 2.63. The molecule has 0 radical (unpaired) electrons. The van der Waals surface area contributed by atoms with Gasteiger partial charge in [-0.15, -0.1) is 0 Å². The minimum Gasteiger partial charge on any atom is -0.384 e. The van der Waals surface area contributed by atoms with Gasteiger partial charge >= 0.3 is 0 Å². The van der Waals surface area contributed by atoms with Crippen LogP contribution in [0.5, 0.6) is 0 Å². The van der Waals surface area contributed by atoms with Gasteiger partial charge in [0, 0.05) is 16.3 Å². The normalized spacial score (nSPS) is 21.1. The monoisotopic (exact) mass is 305 g/mol. The van der Waals surface area contributed by atoms with Crippen LogP contribution >= 0.6 is 39.3 Å². The van der Waals surface area contributed by atoms with Crippen molar-refractivity contribution in [2.24, 2.45) is 0 Å². The zero-order chi connectivity index (χ0) is 10.8. The fourth-order valence-electron chi connectivity index (χ4n) is 1.74. The van der Waals surface area contributed by atoms with Gasteiger partial charge in [-0.25, -0.2) is 0 Å². The average molecular weight is 307 g/mol. The molecular weight excluding hydrogens is 294 g/mol. The molecule has 1 heterocycles. The number of fused-ring (bicyclic) bond motifs is 1. The van der Waals surface area contributed by atoms with E-state index in [4.69, 9.17) is 11.6 Å². The van der Waals surface area contributed by atoms with E-state index in [1.165, 1.54) is 17.7 Å². The largest absolute Gasteiger partial charge is 0.384 e. The molecule has 0 aromatic heterocycles. The first-order valence-corrected chi connectivity index (χ1v) is 7.25. The van der Waals surface area contributed by atoms with Crippen molar-refractivity contribution in [1.29, 1.82) is 0 Å². The van der Waals surface area contributed by atoms with E-state index >= 15 is 0 Å². The highest BCUT2D eigenvalue weighted by atomic mass is 79.9. The second kappa shape index (κ2) is 4.98. The summed E-state index contributed by atoms with van der Waals surface area (Å²) >= 11 is 11.7. The Morgan fingerprint density at radius 2 is 2.33 bits per heavy atom. The van der Waals surface area contributed by atoms with Gasteiger partial charge in [0.15, 0.2) is 0 Å². The van der Waals surface area contributed by atoms with Crippen LogP contribution in [0.25, 0.3) is 0 Å². The lowest BCUT2D eigenvalue weighted by Gasteiger charge is -2.22. The Labute approximate surface area is 108 Å². The second-order valence-corrected chi connectivity index (χ2v) is 6.42. The zero-order valence-electron chi connectivity index (χ0n) is 8.52. The lowest BCUT2D eigenvalue weighted by Crippen LogP contribution is -2.10. The van der Waals surface area contributed by atoms with Crippen molar-refractivity contribution in [2.45, 2.75) is 18.6 Å². The highest BCUT2D eigenvalue weighted by molar-refractivity contribution is 9.10. The molecule has 4 heteroatoms. The van der Waals surface area contributed by atoms with Gasteiger partial charge < -0.3 is 5.32 Å². The maximum atomic E-state index is 6.24. The van der Waals surface area contributed by atoms with Crippen LogP contribution in [0.2, 0.25) is 5.02 Å². The molecule has 0 saturated heterocycles. The van der Waals surface area contributed by atoms with Crippen molar-refractivity contribution in [2.75, 3.05) is 17.6 Å². The van der Waals surface area contributed by atoms with E-state index in [0.29, 0.717) is 5.25 Å². The standard InChI is InChI=1S/C11H13BrClNS/c1-7-9-5-8(12)6-10(13)11(9)14-3-2-4-15-7/h5-7,14H,2-4H2,1H3. The number of anilines is 1. The Morgan fingerprint density at radius 3 is 3.13 bits per heavy atom. The van der Waals surface area contributed by atoms with Gasteiger partial charge in [-0.2, -0.15) is 11.8 Å². The minimum absolute atomic E-state index is 0.503. The van der Waals surface area contributed by atoms with Crippen LogP contribution in [0.3, 0.4) is 0 Å². The van der Waals surface area contributed by atoms with Gasteiger partial charge in [0.2, 0.25) is 0 Å². The number of halogens is 2. The van der Waals surface area contributed by atoms with Crippen LogP contribution in [-0.4, -0.2) is 12.3 Å². The number of hydrogen-bond donors (Lipinski definition) is 1. The van der Waals surface area contributed by atoms with E-state index in [2.05, 4.69) is 34.2 Å². The minimum atomic E-state index is 0.503. The average Bonchev–Trinajstić information content (AvgIpc) is 2.16. The predicted molar refractivity (Wildman–Crippen MR) is 73.1 cm³/mol. The van der Waals surface area contributed by atoms with Gasteiger partial charge in [0.1, 0.15) is 0 Å². The number of nitrogens with one attached hydrogen (secondary N) is 1. The number of benzene rings is 1. The molecule has 0 amide bonds. The molecule has 1 unspecified atom stereocenters. The molecule has 1 N–H and O–H groups in total. The van der Waals surface area contributed by atoms with Crippen LogP contribution in [0, 0.1) is 0 Å². The van der Waals surface area contributed by atoms with Crippen molar-refractivity contribution in [3.8, 4) is 0 Å². The van der Waals surface area contributed by atoms with Crippen molar-refractivity contribution in [3.63, 3.8) is 0 Å². The Bertz CT molecular complexity index is 370. The molecule has 15 heavy (non-hydrogen) atoms. The van der Waals surface area contributed by atoms with Crippen molar-refractivity contribution < 1.29 is 0 Å². The first kappa shape index (κ1) is 11.6. The van der Waals surface area contributed by atoms with Gasteiger partial charge in [0.05, 0.1) is 10.7 Å². The summed E-state index contributed by atoms with van der Waals surface area (Å²) in [5, 5.41) is 4.74. The van der Waals surface area contributed by atoms with E-state index in [1.54, 1.807) is 0 Å². The maximum Gasteiger partial charge on any atom is 0.0651 e. The molecule has 1 aliphatic heterocycles. The molecule has 1 aliphatic rings. The van der Waals surface area contributed by atoms with E-state index in [9.17, 15) is 0 Å². The quantitative estimate of drug-likeness (QED) is 0.745. The summed E-state index contributed by atoms with van der Waals surface area (Å²) in [6.45, 7) is 3.24. The first-order valence-electron chi connectivity index (χ1n) is 5.03. The second-order valence-electron chi connectivity index (χ2n) is 3.65. The van der Waals surface area contributed by atoms with E-state index in [0.717, 1.165) is 21.7 Å². The van der Waals surface area contributed by atoms with Crippen LogP contribution in [-0.2, 0) is 0 Å². The zero-order valence-corrected chi connectivity index (χ0v) is 11.7. The molecular formula is C11H13BrClNS. The molecule has 0 aliphatic carbocycles. The van der Waals surface area contributed by atoms with Gasteiger partial charge in [-0.05, 0) is 36.8 Å². The van der Waals surface area contributed by atoms with Crippen LogP contribution < -0.4 is 5.32 Å². The molecule has 1 nitrogen and oxygen atoms in total. The van der Waals surface area contributed by atoms with Crippen molar-refractivity contribution in [3.05, 3.63) is 27.2 Å². The van der Waals surface area contributed by atoms with Gasteiger partial charge in [-0.1, -0.05) is 27.5 Å². The maximum absolute atomic E-state index is 6.24. The molecule has 0 bridgehead atoms. The summed E-state index contributed by atoms with van der Waals surface area (Å²) < 4.78 is 1.06. The van der Waals surface area contributed by atoms with Crippen LogP contribution in [0.4, 0.5) is 5.69 Å². The summed E-state index contributed by atoms with van der Waals surface area (Å²) in [6, 6.07) is 4.11. The van der Waals surface area contributed by atoms with Crippen molar-refractivity contribution in [1.82, 2.24) is 0 Å². The summed E-state index contributed by atoms with van der Waals surface area (Å²) in [5.74, 6) is 1.21. The summed E-state index contributed by atoms with van der Waals surface area (Å²) in [6.07, 6.45) is 1.20. The van der Waals surface area contributed by atoms with E-state index in [1.807, 2.05) is 17.8 Å². The molecule has 0 saturated carbocycles. The van der Waals surface area contributed by atoms with Crippen LogP contribution in [0.15, 0.2) is 16.6 Å². The Balaban J connectivity index is 2.46. The molecule has 1 aromatic carbocycles. The highest BCUT2D eigenvalue weighted by Crippen LogP contribution is 2.40. The Kier molecular flexibility index (Phi) is 3.86. The number of rotatable bonds is 0. The number of hydrogen-bond acceptors (Lipinski definition) is 2. The first-order chi connectivity index (χ1) is 7.18. The smallest absolute Gasteiger partial charge is 0.0651 e. The lowest BCUT2D eigenvalue weighted by molar-refractivity contribution is 0.956. The topological polar surface area (TPSA) is 12.0 Å². The number of thioether (sulfide) groups is 1. The fraction of sp³-hybridized carbons (Fsp3) is 0.455. The SMILES string of the molecule is CC1SCCCNc2c(Cl)cc(Br)cc21. The Hall–Kier alpha value is 0.140. The Morgan fingerprint density at radius 1 is 1.53 bits per heavy atom. The third-order valence-electron chi connectivity index (χ3n) is 2.51. The van der Waals surface area contributed by atoms with E-state index < -0.39 is 0 Å².